The van der Waals surface area contributed by atoms with Gasteiger partial charge in [0, 0.05) is 42.8 Å². The van der Waals surface area contributed by atoms with Crippen LogP contribution in [0.15, 0.2) is 48.5 Å². The minimum atomic E-state index is -0.184. The van der Waals surface area contributed by atoms with Crippen molar-refractivity contribution >= 4 is 11.6 Å². The summed E-state index contributed by atoms with van der Waals surface area (Å²) in [6, 6.07) is 16.5. The number of hydrogen-bond donors (Lipinski definition) is 2. The molecule has 148 valence electrons. The Morgan fingerprint density at radius 2 is 1.89 bits per heavy atom. The number of methoxy groups -OCH3 is 1. The minimum Gasteiger partial charge on any atom is -0.496 e. The lowest BCUT2D eigenvalue weighted by Gasteiger charge is -2.37. The summed E-state index contributed by atoms with van der Waals surface area (Å²) in [6.45, 7) is 3.46. The predicted molar refractivity (Wildman–Crippen MR) is 111 cm³/mol. The Morgan fingerprint density at radius 3 is 2.79 bits per heavy atom. The number of rotatable bonds is 3. The average Bonchev–Trinajstić information content (AvgIpc) is 2.89. The third kappa shape index (κ3) is 4.14. The van der Waals surface area contributed by atoms with E-state index in [1.165, 1.54) is 5.56 Å². The van der Waals surface area contributed by atoms with Crippen LogP contribution in [0.3, 0.4) is 0 Å². The molecule has 2 N–H and O–H groups in total. The number of carbonyl (C=O) groups excluding carboxylic acids is 1. The van der Waals surface area contributed by atoms with E-state index in [2.05, 4.69) is 45.9 Å². The summed E-state index contributed by atoms with van der Waals surface area (Å²) in [4.78, 5) is 15.0. The molecule has 4 rings (SSSR count). The topological polar surface area (TPSA) is 53.6 Å². The van der Waals surface area contributed by atoms with E-state index in [0.29, 0.717) is 13.0 Å². The van der Waals surface area contributed by atoms with E-state index in [0.717, 1.165) is 55.9 Å². The summed E-state index contributed by atoms with van der Waals surface area (Å²) >= 11 is 0. The Labute approximate surface area is 167 Å². The molecular formula is C23H29N3O2. The van der Waals surface area contributed by atoms with E-state index < -0.39 is 0 Å². The van der Waals surface area contributed by atoms with Crippen LogP contribution in [0.5, 0.6) is 5.75 Å². The number of amides is 1. The van der Waals surface area contributed by atoms with Gasteiger partial charge in [-0.15, -0.1) is 0 Å². The highest BCUT2D eigenvalue weighted by atomic mass is 16.5. The first-order valence-corrected chi connectivity index (χ1v) is 10.1. The number of nitrogens with zero attached hydrogens (tertiary/aromatic N) is 1. The first kappa shape index (κ1) is 18.8. The Hall–Kier alpha value is -2.53. The SMILES string of the molecule is COc1ccccc1CN1CCC[C@@]2(CC1)CC(=O)NCc1ccccc1N2. The van der Waals surface area contributed by atoms with Gasteiger partial charge < -0.3 is 15.4 Å². The highest BCUT2D eigenvalue weighted by Gasteiger charge is 2.36. The zero-order valence-electron chi connectivity index (χ0n) is 16.5. The number of ether oxygens (including phenoxy) is 1. The van der Waals surface area contributed by atoms with Crippen molar-refractivity contribution in [3.05, 3.63) is 59.7 Å². The number of nitrogens with one attached hydrogen (secondary N) is 2. The lowest BCUT2D eigenvalue weighted by molar-refractivity contribution is -0.122. The van der Waals surface area contributed by atoms with E-state index in [1.54, 1.807) is 7.11 Å². The molecule has 2 aliphatic rings. The quantitative estimate of drug-likeness (QED) is 0.856. The molecule has 0 saturated carbocycles. The molecule has 2 heterocycles. The second-order valence-corrected chi connectivity index (χ2v) is 7.96. The maximum Gasteiger partial charge on any atom is 0.222 e. The van der Waals surface area contributed by atoms with E-state index in [4.69, 9.17) is 4.74 Å². The molecule has 5 nitrogen and oxygen atoms in total. The van der Waals surface area contributed by atoms with Crippen LogP contribution >= 0.6 is 0 Å². The van der Waals surface area contributed by atoms with Crippen molar-refractivity contribution < 1.29 is 9.53 Å². The van der Waals surface area contributed by atoms with E-state index >= 15 is 0 Å². The molecular weight excluding hydrogens is 350 g/mol. The normalized spacial score (nSPS) is 23.0. The number of likely N-dealkylation sites (tertiary alicyclic amines) is 1. The van der Waals surface area contributed by atoms with Crippen LogP contribution < -0.4 is 15.4 Å². The number of carbonyl (C=O) groups is 1. The summed E-state index contributed by atoms with van der Waals surface area (Å²) in [5, 5.41) is 6.87. The van der Waals surface area contributed by atoms with Crippen LogP contribution in [0.4, 0.5) is 5.69 Å². The van der Waals surface area contributed by atoms with Crippen molar-refractivity contribution in [1.29, 1.82) is 0 Å². The Morgan fingerprint density at radius 1 is 1.07 bits per heavy atom. The standard InChI is InChI=1S/C23H29N3O2/c1-28-21-10-5-3-8-19(21)17-26-13-6-11-23(12-14-26)15-22(27)24-16-18-7-2-4-9-20(18)25-23/h2-5,7-10,25H,6,11-17H2,1H3,(H,24,27)/t23-/m1/s1. The maximum absolute atomic E-state index is 12.5. The fourth-order valence-electron chi connectivity index (χ4n) is 4.47. The van der Waals surface area contributed by atoms with E-state index in [1.807, 2.05) is 18.2 Å². The zero-order valence-corrected chi connectivity index (χ0v) is 16.5. The number of hydrogen-bond acceptors (Lipinski definition) is 4. The summed E-state index contributed by atoms with van der Waals surface area (Å²) in [7, 11) is 1.73. The summed E-state index contributed by atoms with van der Waals surface area (Å²) in [6.07, 6.45) is 3.54. The molecule has 28 heavy (non-hydrogen) atoms. The number of benzene rings is 2. The molecule has 1 spiro atoms. The molecule has 1 atom stereocenters. The van der Waals surface area contributed by atoms with E-state index in [9.17, 15) is 4.79 Å². The van der Waals surface area contributed by atoms with Gasteiger partial charge in [0.1, 0.15) is 5.75 Å². The van der Waals surface area contributed by atoms with Crippen molar-refractivity contribution in [2.24, 2.45) is 0 Å². The van der Waals surface area contributed by atoms with Gasteiger partial charge in [0.2, 0.25) is 5.91 Å². The second kappa shape index (κ2) is 8.23. The minimum absolute atomic E-state index is 0.139. The van der Waals surface area contributed by atoms with Crippen LogP contribution in [-0.4, -0.2) is 36.5 Å². The van der Waals surface area contributed by atoms with Crippen molar-refractivity contribution in [3.63, 3.8) is 0 Å². The van der Waals surface area contributed by atoms with Gasteiger partial charge in [0.25, 0.3) is 0 Å². The molecule has 5 heteroatoms. The van der Waals surface area contributed by atoms with Gasteiger partial charge >= 0.3 is 0 Å². The molecule has 0 radical (unpaired) electrons. The van der Waals surface area contributed by atoms with Crippen LogP contribution in [0.1, 0.15) is 36.8 Å². The first-order valence-electron chi connectivity index (χ1n) is 10.1. The van der Waals surface area contributed by atoms with Crippen LogP contribution in [-0.2, 0) is 17.9 Å². The molecule has 0 unspecified atom stereocenters. The van der Waals surface area contributed by atoms with Crippen LogP contribution in [0.2, 0.25) is 0 Å². The fraction of sp³-hybridized carbons (Fsp3) is 0.435. The Bertz CT molecular complexity index is 838. The van der Waals surface area contributed by atoms with Gasteiger partial charge in [-0.3, -0.25) is 9.69 Å². The number of fused-ring (bicyclic) bond motifs is 1. The highest BCUT2D eigenvalue weighted by Crippen LogP contribution is 2.33. The summed E-state index contributed by atoms with van der Waals surface area (Å²) in [5.74, 6) is 1.08. The van der Waals surface area contributed by atoms with Gasteiger partial charge in [0.05, 0.1) is 7.11 Å². The Balaban J connectivity index is 1.51. The van der Waals surface area contributed by atoms with Crippen LogP contribution in [0, 0.1) is 0 Å². The monoisotopic (exact) mass is 379 g/mol. The Kier molecular flexibility index (Phi) is 5.53. The van der Waals surface area contributed by atoms with Crippen molar-refractivity contribution in [1.82, 2.24) is 10.2 Å². The molecule has 2 aromatic carbocycles. The molecule has 1 saturated heterocycles. The smallest absolute Gasteiger partial charge is 0.222 e. The van der Waals surface area contributed by atoms with Gasteiger partial charge in [0.15, 0.2) is 0 Å². The molecule has 1 fully saturated rings. The lowest BCUT2D eigenvalue weighted by atomic mass is 9.85. The molecule has 1 amide bonds. The van der Waals surface area contributed by atoms with E-state index in [-0.39, 0.29) is 11.4 Å². The fourth-order valence-corrected chi connectivity index (χ4v) is 4.47. The van der Waals surface area contributed by atoms with Crippen molar-refractivity contribution in [2.45, 2.75) is 44.3 Å². The molecule has 0 aromatic heterocycles. The highest BCUT2D eigenvalue weighted by molar-refractivity contribution is 5.79. The maximum atomic E-state index is 12.5. The number of para-hydroxylation sites is 2. The predicted octanol–water partition coefficient (Wildman–Crippen LogP) is 3.55. The molecule has 0 bridgehead atoms. The van der Waals surface area contributed by atoms with Gasteiger partial charge in [-0.05, 0) is 43.5 Å². The summed E-state index contributed by atoms with van der Waals surface area (Å²) in [5.41, 5.74) is 3.34. The second-order valence-electron chi connectivity index (χ2n) is 7.96. The third-order valence-electron chi connectivity index (χ3n) is 6.01. The van der Waals surface area contributed by atoms with Crippen molar-refractivity contribution in [2.75, 3.05) is 25.5 Å². The third-order valence-corrected chi connectivity index (χ3v) is 6.01. The van der Waals surface area contributed by atoms with Gasteiger partial charge in [-0.2, -0.15) is 0 Å². The molecule has 0 aliphatic carbocycles. The van der Waals surface area contributed by atoms with Gasteiger partial charge in [-0.1, -0.05) is 36.4 Å². The van der Waals surface area contributed by atoms with Crippen molar-refractivity contribution in [3.8, 4) is 5.75 Å². The lowest BCUT2D eigenvalue weighted by Crippen LogP contribution is -2.46. The van der Waals surface area contributed by atoms with Crippen LogP contribution in [0.25, 0.3) is 0 Å². The summed E-state index contributed by atoms with van der Waals surface area (Å²) < 4.78 is 5.52. The average molecular weight is 380 g/mol. The zero-order chi connectivity index (χ0) is 19.4. The largest absolute Gasteiger partial charge is 0.496 e. The number of anilines is 1. The first-order chi connectivity index (χ1) is 13.7. The van der Waals surface area contributed by atoms with Gasteiger partial charge in [-0.25, -0.2) is 0 Å². The molecule has 2 aliphatic heterocycles. The molecule has 2 aromatic rings.